The summed E-state index contributed by atoms with van der Waals surface area (Å²) in [7, 11) is 0. The van der Waals surface area contributed by atoms with Crippen LogP contribution in [0, 0.1) is 5.92 Å². The van der Waals surface area contributed by atoms with Crippen LogP contribution >= 0.6 is 11.6 Å². The highest BCUT2D eigenvalue weighted by Gasteiger charge is 2.40. The van der Waals surface area contributed by atoms with Crippen LogP contribution in [-0.4, -0.2) is 59.9 Å². The summed E-state index contributed by atoms with van der Waals surface area (Å²) in [5.41, 5.74) is 6.33. The molecule has 8 heteroatoms. The average molecular weight is 362 g/mol. The van der Waals surface area contributed by atoms with Crippen molar-refractivity contribution in [2.75, 3.05) is 25.6 Å². The van der Waals surface area contributed by atoms with Gasteiger partial charge in [0.25, 0.3) is 0 Å². The van der Waals surface area contributed by atoms with Gasteiger partial charge in [0.05, 0.1) is 24.6 Å². The van der Waals surface area contributed by atoms with Crippen LogP contribution in [0.2, 0.25) is 0 Å². The molecule has 1 rings (SSSR count). The Hall–Kier alpha value is -1.25. The highest BCUT2D eigenvalue weighted by atomic mass is 35.5. The topological polar surface area (TPSA) is 108 Å². The van der Waals surface area contributed by atoms with E-state index < -0.39 is 29.9 Å². The SMILES string of the molecule is C=C/C=C\C(=C(\F)CCl)[C@@H]1C(N)CN[C@H]1C(=O)NCC[C@H](O)CO. The van der Waals surface area contributed by atoms with Crippen LogP contribution in [0.5, 0.6) is 0 Å². The Morgan fingerprint density at radius 3 is 2.88 bits per heavy atom. The molecule has 1 saturated heterocycles. The van der Waals surface area contributed by atoms with Crippen molar-refractivity contribution in [2.45, 2.75) is 24.6 Å². The lowest BCUT2D eigenvalue weighted by Gasteiger charge is -2.23. The standard InChI is InChI=1S/C16H25ClFN3O3/c1-2-3-4-11(12(18)7-17)14-13(19)8-21-15(14)16(24)20-6-5-10(23)9-22/h2-4,10,13-15,21-23H,1,5-9,19H2,(H,20,24)/b4-3-,12-11-/t10-,13?,14+,15+/m0/s1. The molecule has 0 aromatic heterocycles. The molecule has 0 aliphatic carbocycles. The van der Waals surface area contributed by atoms with E-state index in [9.17, 15) is 14.3 Å². The van der Waals surface area contributed by atoms with Crippen LogP contribution < -0.4 is 16.4 Å². The number of hydrogen-bond donors (Lipinski definition) is 5. The Balaban J connectivity index is 2.87. The molecule has 1 aliphatic rings. The number of nitrogens with one attached hydrogen (secondary N) is 2. The van der Waals surface area contributed by atoms with Crippen LogP contribution in [0.15, 0.2) is 36.2 Å². The predicted molar refractivity (Wildman–Crippen MR) is 92.2 cm³/mol. The zero-order valence-corrected chi connectivity index (χ0v) is 14.2. The summed E-state index contributed by atoms with van der Waals surface area (Å²) >= 11 is 5.61. The van der Waals surface area contributed by atoms with Crippen LogP contribution in [0.1, 0.15) is 6.42 Å². The number of rotatable bonds is 9. The van der Waals surface area contributed by atoms with Crippen molar-refractivity contribution >= 4 is 17.5 Å². The fourth-order valence-corrected chi connectivity index (χ4v) is 2.78. The fraction of sp³-hybridized carbons (Fsp3) is 0.562. The first-order valence-electron chi connectivity index (χ1n) is 7.75. The van der Waals surface area contributed by atoms with Gasteiger partial charge in [-0.2, -0.15) is 0 Å². The highest BCUT2D eigenvalue weighted by Crippen LogP contribution is 2.28. The number of aliphatic hydroxyl groups excluding tert-OH is 2. The number of aliphatic hydroxyl groups is 2. The maximum absolute atomic E-state index is 14.2. The van der Waals surface area contributed by atoms with Crippen LogP contribution in [-0.2, 0) is 4.79 Å². The molecule has 1 fully saturated rings. The Morgan fingerprint density at radius 1 is 1.58 bits per heavy atom. The van der Waals surface area contributed by atoms with Gasteiger partial charge in [0.15, 0.2) is 0 Å². The molecule has 1 amide bonds. The Bertz CT molecular complexity index is 499. The second kappa shape index (κ2) is 10.6. The van der Waals surface area contributed by atoms with E-state index in [1.54, 1.807) is 6.08 Å². The summed E-state index contributed by atoms with van der Waals surface area (Å²) in [6.45, 7) is 3.74. The summed E-state index contributed by atoms with van der Waals surface area (Å²) in [6, 6.07) is -1.15. The van der Waals surface area contributed by atoms with E-state index in [4.69, 9.17) is 22.4 Å². The van der Waals surface area contributed by atoms with Gasteiger partial charge in [0.2, 0.25) is 5.91 Å². The third-order valence-electron chi connectivity index (χ3n) is 3.87. The van der Waals surface area contributed by atoms with Gasteiger partial charge in [-0.05, 0) is 12.0 Å². The molecule has 0 saturated carbocycles. The minimum Gasteiger partial charge on any atom is -0.394 e. The Kier molecular flexibility index (Phi) is 9.17. The molecule has 1 unspecified atom stereocenters. The summed E-state index contributed by atoms with van der Waals surface area (Å²) in [6.07, 6.45) is 3.93. The molecule has 24 heavy (non-hydrogen) atoms. The van der Waals surface area contributed by atoms with Gasteiger partial charge in [0, 0.05) is 25.0 Å². The lowest BCUT2D eigenvalue weighted by molar-refractivity contribution is -0.123. The van der Waals surface area contributed by atoms with Crippen molar-refractivity contribution in [1.29, 1.82) is 0 Å². The van der Waals surface area contributed by atoms with Gasteiger partial charge in [-0.25, -0.2) is 4.39 Å². The van der Waals surface area contributed by atoms with Crippen molar-refractivity contribution in [1.82, 2.24) is 10.6 Å². The molecule has 0 aromatic carbocycles. The van der Waals surface area contributed by atoms with Gasteiger partial charge < -0.3 is 26.6 Å². The molecule has 6 N–H and O–H groups in total. The molecule has 136 valence electrons. The highest BCUT2D eigenvalue weighted by molar-refractivity contribution is 6.19. The monoisotopic (exact) mass is 361 g/mol. The summed E-state index contributed by atoms with van der Waals surface area (Å²) in [5, 5.41) is 23.7. The van der Waals surface area contributed by atoms with Gasteiger partial charge in [-0.15, -0.1) is 11.6 Å². The third kappa shape index (κ3) is 5.68. The number of nitrogens with two attached hydrogens (primary N) is 1. The van der Waals surface area contributed by atoms with Crippen molar-refractivity contribution in [3.63, 3.8) is 0 Å². The predicted octanol–water partition coefficient (Wildman–Crippen LogP) is -0.0342. The number of hydrogen-bond acceptors (Lipinski definition) is 5. The maximum Gasteiger partial charge on any atom is 0.237 e. The molecular weight excluding hydrogens is 337 g/mol. The van der Waals surface area contributed by atoms with Crippen molar-refractivity contribution in [2.24, 2.45) is 11.7 Å². The number of allylic oxidation sites excluding steroid dienone is 4. The van der Waals surface area contributed by atoms with E-state index in [0.29, 0.717) is 6.54 Å². The molecule has 0 bridgehead atoms. The maximum atomic E-state index is 14.2. The third-order valence-corrected chi connectivity index (χ3v) is 4.10. The second-order valence-corrected chi connectivity index (χ2v) is 5.85. The molecule has 1 aliphatic heterocycles. The largest absolute Gasteiger partial charge is 0.394 e. The molecule has 0 spiro atoms. The van der Waals surface area contributed by atoms with Crippen molar-refractivity contribution in [3.8, 4) is 0 Å². The van der Waals surface area contributed by atoms with E-state index in [-0.39, 0.29) is 36.9 Å². The molecular formula is C16H25ClFN3O3. The number of amides is 1. The number of halogens is 2. The zero-order valence-electron chi connectivity index (χ0n) is 13.4. The van der Waals surface area contributed by atoms with E-state index in [1.807, 2.05) is 0 Å². The normalized spacial score (nSPS) is 26.3. The Morgan fingerprint density at radius 2 is 2.29 bits per heavy atom. The summed E-state index contributed by atoms with van der Waals surface area (Å²) in [5.74, 6) is -1.75. The fourth-order valence-electron chi connectivity index (χ4n) is 2.62. The van der Waals surface area contributed by atoms with E-state index >= 15 is 0 Å². The smallest absolute Gasteiger partial charge is 0.237 e. The average Bonchev–Trinajstić information content (AvgIpc) is 2.96. The van der Waals surface area contributed by atoms with Gasteiger partial charge in [-0.1, -0.05) is 24.8 Å². The minimum absolute atomic E-state index is 0.195. The molecule has 0 aromatic rings. The van der Waals surface area contributed by atoms with Crippen LogP contribution in [0.25, 0.3) is 0 Å². The first kappa shape index (κ1) is 20.8. The molecule has 1 heterocycles. The lowest BCUT2D eigenvalue weighted by atomic mass is 9.87. The van der Waals surface area contributed by atoms with Crippen molar-refractivity contribution in [3.05, 3.63) is 36.2 Å². The molecule has 0 radical (unpaired) electrons. The van der Waals surface area contributed by atoms with E-state index in [2.05, 4.69) is 17.2 Å². The second-order valence-electron chi connectivity index (χ2n) is 5.58. The van der Waals surface area contributed by atoms with Crippen LogP contribution in [0.3, 0.4) is 0 Å². The lowest BCUT2D eigenvalue weighted by Crippen LogP contribution is -2.46. The van der Waals surface area contributed by atoms with Gasteiger partial charge in [0.1, 0.15) is 5.83 Å². The first-order chi connectivity index (χ1) is 11.5. The summed E-state index contributed by atoms with van der Waals surface area (Å²) < 4.78 is 14.2. The molecule has 6 nitrogen and oxygen atoms in total. The number of carbonyl (C=O) groups excluding carboxylic acids is 1. The minimum atomic E-state index is -0.889. The van der Waals surface area contributed by atoms with Crippen molar-refractivity contribution < 1.29 is 19.4 Å². The van der Waals surface area contributed by atoms with E-state index in [1.165, 1.54) is 12.2 Å². The molecule has 4 atom stereocenters. The van der Waals surface area contributed by atoms with Gasteiger partial charge >= 0.3 is 0 Å². The van der Waals surface area contributed by atoms with Crippen LogP contribution in [0.4, 0.5) is 4.39 Å². The summed E-state index contributed by atoms with van der Waals surface area (Å²) in [4.78, 5) is 12.4. The Labute approximate surface area is 146 Å². The van der Waals surface area contributed by atoms with E-state index in [0.717, 1.165) is 0 Å². The number of carbonyl (C=O) groups is 1. The first-order valence-corrected chi connectivity index (χ1v) is 8.28. The van der Waals surface area contributed by atoms with Gasteiger partial charge in [-0.3, -0.25) is 4.79 Å². The zero-order chi connectivity index (χ0) is 18.1. The number of alkyl halides is 1. The quantitative estimate of drug-likeness (QED) is 0.293.